The van der Waals surface area contributed by atoms with Gasteiger partial charge in [0.2, 0.25) is 0 Å². The predicted molar refractivity (Wildman–Crippen MR) is 86.1 cm³/mol. The first-order valence-electron chi connectivity index (χ1n) is 7.69. The molecule has 1 fully saturated rings. The van der Waals surface area contributed by atoms with Gasteiger partial charge < -0.3 is 5.32 Å². The highest BCUT2D eigenvalue weighted by atomic mass is 14.9. The lowest BCUT2D eigenvalue weighted by Crippen LogP contribution is -2.16. The summed E-state index contributed by atoms with van der Waals surface area (Å²) in [5, 5.41) is 3.76. The molecule has 0 spiro atoms. The molecule has 2 aromatic rings. The van der Waals surface area contributed by atoms with Crippen LogP contribution in [0.15, 0.2) is 54.6 Å². The average molecular weight is 265 g/mol. The number of nitrogens with one attached hydrogen (secondary N) is 1. The zero-order valence-corrected chi connectivity index (χ0v) is 12.2. The lowest BCUT2D eigenvalue weighted by atomic mass is 10.0. The molecular weight excluding hydrogens is 242 g/mol. The highest BCUT2D eigenvalue weighted by molar-refractivity contribution is 5.53. The van der Waals surface area contributed by atoms with E-state index >= 15 is 0 Å². The molecule has 1 nitrogen and oxygen atoms in total. The summed E-state index contributed by atoms with van der Waals surface area (Å²) in [5.41, 5.74) is 4.09. The van der Waals surface area contributed by atoms with Crippen LogP contribution in [0.25, 0.3) is 0 Å². The highest BCUT2D eigenvalue weighted by Crippen LogP contribution is 2.29. The maximum absolute atomic E-state index is 3.76. The minimum absolute atomic E-state index is 0.655. The largest absolute Gasteiger partial charge is 0.382 e. The lowest BCUT2D eigenvalue weighted by Gasteiger charge is -2.17. The van der Waals surface area contributed by atoms with Crippen molar-refractivity contribution in [2.24, 2.45) is 5.92 Å². The molecule has 20 heavy (non-hydrogen) atoms. The smallest absolute Gasteiger partial charge is 0.0378 e. The quantitative estimate of drug-likeness (QED) is 0.831. The minimum atomic E-state index is 0.655. The molecule has 0 aliphatic heterocycles. The summed E-state index contributed by atoms with van der Waals surface area (Å²) in [6.07, 6.45) is 4.98. The fourth-order valence-electron chi connectivity index (χ4n) is 3.19. The number of anilines is 1. The number of rotatable bonds is 4. The second-order valence-electron chi connectivity index (χ2n) is 6.08. The highest BCUT2D eigenvalue weighted by Gasteiger charge is 2.21. The molecule has 104 valence electrons. The van der Waals surface area contributed by atoms with Crippen LogP contribution < -0.4 is 5.32 Å². The van der Waals surface area contributed by atoms with Crippen LogP contribution in [0.5, 0.6) is 0 Å². The van der Waals surface area contributed by atoms with Crippen molar-refractivity contribution in [3.05, 3.63) is 65.7 Å². The van der Waals surface area contributed by atoms with E-state index in [1.54, 1.807) is 0 Å². The van der Waals surface area contributed by atoms with Gasteiger partial charge in [0, 0.05) is 11.7 Å². The summed E-state index contributed by atoms with van der Waals surface area (Å²) >= 11 is 0. The molecular formula is C19H23N. The summed E-state index contributed by atoms with van der Waals surface area (Å²) < 4.78 is 0. The van der Waals surface area contributed by atoms with Crippen molar-refractivity contribution in [1.29, 1.82) is 0 Å². The third kappa shape index (κ3) is 3.22. The third-order valence-electron chi connectivity index (χ3n) is 4.31. The molecule has 1 N–H and O–H groups in total. The molecule has 0 saturated heterocycles. The van der Waals surface area contributed by atoms with Crippen LogP contribution in [0.4, 0.5) is 5.69 Å². The zero-order chi connectivity index (χ0) is 13.8. The van der Waals surface area contributed by atoms with Crippen LogP contribution in [-0.2, 0) is 6.42 Å². The van der Waals surface area contributed by atoms with Crippen molar-refractivity contribution in [3.8, 4) is 0 Å². The van der Waals surface area contributed by atoms with Crippen molar-refractivity contribution < 1.29 is 0 Å². The fraction of sp³-hybridized carbons (Fsp3) is 0.368. The number of benzene rings is 2. The number of hydrogen-bond donors (Lipinski definition) is 1. The Bertz CT molecular complexity index is 547. The van der Waals surface area contributed by atoms with E-state index in [4.69, 9.17) is 0 Å². The van der Waals surface area contributed by atoms with Crippen molar-refractivity contribution in [1.82, 2.24) is 0 Å². The molecule has 0 aromatic heterocycles. The lowest BCUT2D eigenvalue weighted by molar-refractivity contribution is 0.602. The third-order valence-corrected chi connectivity index (χ3v) is 4.31. The summed E-state index contributed by atoms with van der Waals surface area (Å²) in [5.74, 6) is 0.869. The summed E-state index contributed by atoms with van der Waals surface area (Å²) in [6, 6.07) is 20.1. The Morgan fingerprint density at radius 3 is 2.45 bits per heavy atom. The van der Waals surface area contributed by atoms with E-state index in [1.807, 2.05) is 0 Å². The van der Waals surface area contributed by atoms with Crippen LogP contribution in [0.2, 0.25) is 0 Å². The maximum Gasteiger partial charge on any atom is 0.0378 e. The van der Waals surface area contributed by atoms with E-state index in [0.717, 1.165) is 12.3 Å². The van der Waals surface area contributed by atoms with Crippen LogP contribution in [0, 0.1) is 5.92 Å². The zero-order valence-electron chi connectivity index (χ0n) is 12.2. The Kier molecular flexibility index (Phi) is 4.05. The molecule has 0 bridgehead atoms. The van der Waals surface area contributed by atoms with Gasteiger partial charge in [0.15, 0.2) is 0 Å². The van der Waals surface area contributed by atoms with Crippen molar-refractivity contribution >= 4 is 5.69 Å². The predicted octanol–water partition coefficient (Wildman–Crippen LogP) is 4.88. The van der Waals surface area contributed by atoms with Gasteiger partial charge in [-0.3, -0.25) is 0 Å². The monoisotopic (exact) mass is 265 g/mol. The van der Waals surface area contributed by atoms with Gasteiger partial charge in [0.25, 0.3) is 0 Å². The van der Waals surface area contributed by atoms with E-state index in [0.29, 0.717) is 6.04 Å². The minimum Gasteiger partial charge on any atom is -0.382 e. The Labute approximate surface area is 122 Å². The van der Waals surface area contributed by atoms with Gasteiger partial charge in [-0.05, 0) is 48.8 Å². The molecule has 1 heteroatoms. The average Bonchev–Trinajstić information content (AvgIpc) is 2.88. The Hall–Kier alpha value is -1.76. The summed E-state index contributed by atoms with van der Waals surface area (Å²) in [7, 11) is 0. The van der Waals surface area contributed by atoms with Gasteiger partial charge in [-0.1, -0.05) is 55.5 Å². The topological polar surface area (TPSA) is 12.0 Å². The molecule has 2 atom stereocenters. The summed E-state index contributed by atoms with van der Waals surface area (Å²) in [6.45, 7) is 2.36. The molecule has 1 aliphatic carbocycles. The van der Waals surface area contributed by atoms with E-state index in [9.17, 15) is 0 Å². The number of para-hydroxylation sites is 1. The SMILES string of the molecule is CC1CCC(Nc2ccccc2Cc2ccccc2)C1. The van der Waals surface area contributed by atoms with Crippen LogP contribution in [-0.4, -0.2) is 6.04 Å². The molecule has 1 aliphatic rings. The van der Waals surface area contributed by atoms with Crippen LogP contribution in [0.3, 0.4) is 0 Å². The normalized spacial score (nSPS) is 21.9. The maximum atomic E-state index is 3.76. The Balaban J connectivity index is 1.74. The van der Waals surface area contributed by atoms with Gasteiger partial charge in [-0.2, -0.15) is 0 Å². The first kappa shape index (κ1) is 13.2. The van der Waals surface area contributed by atoms with Gasteiger partial charge in [-0.25, -0.2) is 0 Å². The van der Waals surface area contributed by atoms with E-state index in [-0.39, 0.29) is 0 Å². The summed E-state index contributed by atoms with van der Waals surface area (Å²) in [4.78, 5) is 0. The van der Waals surface area contributed by atoms with Gasteiger partial charge in [0.05, 0.1) is 0 Å². The molecule has 0 heterocycles. The number of hydrogen-bond acceptors (Lipinski definition) is 1. The first-order valence-corrected chi connectivity index (χ1v) is 7.69. The van der Waals surface area contributed by atoms with Gasteiger partial charge in [-0.15, -0.1) is 0 Å². The molecule has 1 saturated carbocycles. The Morgan fingerprint density at radius 2 is 1.70 bits per heavy atom. The van der Waals surface area contributed by atoms with Crippen molar-refractivity contribution in [2.45, 2.75) is 38.6 Å². The molecule has 2 aromatic carbocycles. The second-order valence-corrected chi connectivity index (χ2v) is 6.08. The van der Waals surface area contributed by atoms with E-state index in [1.165, 1.54) is 36.1 Å². The molecule has 2 unspecified atom stereocenters. The van der Waals surface area contributed by atoms with Gasteiger partial charge >= 0.3 is 0 Å². The Morgan fingerprint density at radius 1 is 0.950 bits per heavy atom. The second kappa shape index (κ2) is 6.13. The van der Waals surface area contributed by atoms with Crippen molar-refractivity contribution in [2.75, 3.05) is 5.32 Å². The van der Waals surface area contributed by atoms with Crippen LogP contribution in [0.1, 0.15) is 37.3 Å². The first-order chi connectivity index (χ1) is 9.81. The molecule has 0 amide bonds. The molecule has 3 rings (SSSR count). The van der Waals surface area contributed by atoms with E-state index in [2.05, 4.69) is 66.8 Å². The van der Waals surface area contributed by atoms with Crippen molar-refractivity contribution in [3.63, 3.8) is 0 Å². The molecule has 0 radical (unpaired) electrons. The van der Waals surface area contributed by atoms with Crippen LogP contribution >= 0.6 is 0 Å². The van der Waals surface area contributed by atoms with E-state index < -0.39 is 0 Å². The van der Waals surface area contributed by atoms with Gasteiger partial charge in [0.1, 0.15) is 0 Å². The standard InChI is InChI=1S/C19H23N/c1-15-11-12-18(13-15)20-19-10-6-5-9-17(19)14-16-7-3-2-4-8-16/h2-10,15,18,20H,11-14H2,1H3. The fourth-order valence-corrected chi connectivity index (χ4v) is 3.19.